The third-order valence-corrected chi connectivity index (χ3v) is 2.15. The molecule has 14 heavy (non-hydrogen) atoms. The van der Waals surface area contributed by atoms with Crippen LogP contribution in [0.2, 0.25) is 0 Å². The molecule has 0 atom stereocenters. The van der Waals surface area contributed by atoms with E-state index in [4.69, 9.17) is 34.8 Å². The second-order valence-corrected chi connectivity index (χ2v) is 5.79. The van der Waals surface area contributed by atoms with Gasteiger partial charge in [-0.05, 0) is 0 Å². The summed E-state index contributed by atoms with van der Waals surface area (Å²) in [4.78, 5) is 8.20. The normalized spacial score (nSPS) is 13.2. The van der Waals surface area contributed by atoms with Crippen molar-refractivity contribution in [1.29, 1.82) is 0 Å². The number of hydrogen-bond acceptors (Lipinski definition) is 6. The molecular formula is C4H8Cl3O6P. The van der Waals surface area contributed by atoms with Gasteiger partial charge in [0.2, 0.25) is 3.79 Å². The number of alkyl halides is 3. The quantitative estimate of drug-likeness (QED) is 0.324. The van der Waals surface area contributed by atoms with Crippen LogP contribution in [0.3, 0.4) is 0 Å². The monoisotopic (exact) mass is 288 g/mol. The Balaban J connectivity index is 4.16. The van der Waals surface area contributed by atoms with Crippen LogP contribution in [0, 0.1) is 0 Å². The van der Waals surface area contributed by atoms with Crippen LogP contribution in [0.4, 0.5) is 0 Å². The van der Waals surface area contributed by atoms with E-state index >= 15 is 0 Å². The Bertz CT molecular complexity index is 196. The van der Waals surface area contributed by atoms with Crippen LogP contribution in [-0.4, -0.2) is 24.6 Å². The van der Waals surface area contributed by atoms with Crippen molar-refractivity contribution in [2.45, 2.75) is 3.79 Å². The second kappa shape index (κ2) is 6.48. The highest BCUT2D eigenvalue weighted by atomic mass is 35.6. The average molecular weight is 289 g/mol. The van der Waals surface area contributed by atoms with E-state index in [1.54, 1.807) is 0 Å². The van der Waals surface area contributed by atoms with Crippen LogP contribution >= 0.6 is 42.6 Å². The van der Waals surface area contributed by atoms with Gasteiger partial charge in [-0.15, -0.1) is 9.35 Å². The van der Waals surface area contributed by atoms with Gasteiger partial charge >= 0.3 is 7.82 Å². The van der Waals surface area contributed by atoms with E-state index in [-0.39, 0.29) is 0 Å². The van der Waals surface area contributed by atoms with E-state index in [0.29, 0.717) is 0 Å². The fourth-order valence-corrected chi connectivity index (χ4v) is 1.61. The molecule has 6 nitrogen and oxygen atoms in total. The molecule has 0 aromatic rings. The highest BCUT2D eigenvalue weighted by Crippen LogP contribution is 2.51. The van der Waals surface area contributed by atoms with E-state index in [1.165, 1.54) is 0 Å². The first-order chi connectivity index (χ1) is 6.33. The first kappa shape index (κ1) is 14.9. The molecule has 0 aliphatic carbocycles. The van der Waals surface area contributed by atoms with Gasteiger partial charge in [0.1, 0.15) is 6.61 Å². The van der Waals surface area contributed by atoms with Crippen molar-refractivity contribution in [3.63, 3.8) is 0 Å². The largest absolute Gasteiger partial charge is 0.529 e. The SMILES string of the molecule is COOP(=O)(OCC(Cl)(Cl)Cl)OOC. The third kappa shape index (κ3) is 7.23. The lowest BCUT2D eigenvalue weighted by molar-refractivity contribution is -0.259. The Morgan fingerprint density at radius 2 is 1.57 bits per heavy atom. The van der Waals surface area contributed by atoms with Gasteiger partial charge in [0.05, 0.1) is 14.2 Å². The van der Waals surface area contributed by atoms with Crippen LogP contribution in [0.15, 0.2) is 0 Å². The predicted octanol–water partition coefficient (Wildman–Crippen LogP) is 2.64. The molecule has 0 amide bonds. The second-order valence-electron chi connectivity index (χ2n) is 1.82. The summed E-state index contributed by atoms with van der Waals surface area (Å²) < 4.78 is 22.5. The van der Waals surface area contributed by atoms with Gasteiger partial charge in [0, 0.05) is 0 Å². The Morgan fingerprint density at radius 1 is 1.14 bits per heavy atom. The Morgan fingerprint density at radius 3 is 1.86 bits per heavy atom. The maximum absolute atomic E-state index is 11.4. The lowest BCUT2D eigenvalue weighted by Gasteiger charge is -2.16. The molecule has 0 heterocycles. The van der Waals surface area contributed by atoms with Crippen LogP contribution in [0.1, 0.15) is 0 Å². The lowest BCUT2D eigenvalue weighted by Crippen LogP contribution is -2.13. The van der Waals surface area contributed by atoms with Crippen molar-refractivity contribution in [3.8, 4) is 0 Å². The summed E-state index contributed by atoms with van der Waals surface area (Å²) >= 11 is 16.0. The predicted molar refractivity (Wildman–Crippen MR) is 50.0 cm³/mol. The molecule has 0 saturated heterocycles. The van der Waals surface area contributed by atoms with Gasteiger partial charge in [-0.3, -0.25) is 4.52 Å². The molecule has 0 aliphatic heterocycles. The summed E-state index contributed by atoms with van der Waals surface area (Å²) in [6, 6.07) is 0. The molecule has 0 aromatic carbocycles. The van der Waals surface area contributed by atoms with Crippen LogP contribution in [0.5, 0.6) is 0 Å². The average Bonchev–Trinajstić information content (AvgIpc) is 2.01. The molecule has 0 aliphatic rings. The minimum absolute atomic E-state index is 0.512. The van der Waals surface area contributed by atoms with E-state index in [0.717, 1.165) is 14.2 Å². The first-order valence-electron chi connectivity index (χ1n) is 3.09. The molecule has 86 valence electrons. The highest BCUT2D eigenvalue weighted by Gasteiger charge is 2.34. The molecule has 0 rings (SSSR count). The van der Waals surface area contributed by atoms with Gasteiger partial charge in [-0.25, -0.2) is 14.3 Å². The highest BCUT2D eigenvalue weighted by molar-refractivity contribution is 7.48. The van der Waals surface area contributed by atoms with Crippen LogP contribution in [0.25, 0.3) is 0 Å². The zero-order valence-corrected chi connectivity index (χ0v) is 10.4. The third-order valence-electron chi connectivity index (χ3n) is 0.718. The standard InChI is InChI=1S/C4H8Cl3O6P/c1-9-12-14(8,13-10-2)11-3-4(5,6)7/h3H2,1-2H3. The van der Waals surface area contributed by atoms with E-state index in [2.05, 4.69) is 23.6 Å². The van der Waals surface area contributed by atoms with E-state index in [9.17, 15) is 4.57 Å². The van der Waals surface area contributed by atoms with E-state index < -0.39 is 18.2 Å². The van der Waals surface area contributed by atoms with Crippen molar-refractivity contribution in [3.05, 3.63) is 0 Å². The summed E-state index contributed by atoms with van der Waals surface area (Å²) in [6.07, 6.45) is 0. The Hall–Kier alpha value is 0.900. The van der Waals surface area contributed by atoms with Crippen LogP contribution in [-0.2, 0) is 28.2 Å². The van der Waals surface area contributed by atoms with Gasteiger partial charge in [-0.2, -0.15) is 0 Å². The number of hydrogen-bond donors (Lipinski definition) is 0. The zero-order chi connectivity index (χ0) is 11.2. The molecule has 0 aromatic heterocycles. The van der Waals surface area contributed by atoms with Gasteiger partial charge in [0.15, 0.2) is 0 Å². The van der Waals surface area contributed by atoms with Crippen molar-refractivity contribution in [1.82, 2.24) is 0 Å². The number of phosphoric acid groups is 1. The summed E-state index contributed by atoms with van der Waals surface area (Å²) in [5.41, 5.74) is 0. The molecule has 10 heteroatoms. The molecule has 0 fully saturated rings. The van der Waals surface area contributed by atoms with Crippen molar-refractivity contribution in [2.75, 3.05) is 20.8 Å². The fourth-order valence-electron chi connectivity index (χ4n) is 0.390. The smallest absolute Gasteiger partial charge is 0.279 e. The summed E-state index contributed by atoms with van der Waals surface area (Å²) in [7, 11) is -1.81. The minimum Gasteiger partial charge on any atom is -0.279 e. The molecule has 0 unspecified atom stereocenters. The van der Waals surface area contributed by atoms with Crippen LogP contribution < -0.4 is 0 Å². The Labute approximate surface area is 95.7 Å². The molecular weight excluding hydrogens is 281 g/mol. The maximum Gasteiger partial charge on any atom is 0.529 e. The van der Waals surface area contributed by atoms with Crippen molar-refractivity contribution < 1.29 is 28.2 Å². The minimum atomic E-state index is -4.01. The fraction of sp³-hybridized carbons (Fsp3) is 1.00. The topological polar surface area (TPSA) is 63.2 Å². The summed E-state index contributed by atoms with van der Waals surface area (Å²) in [5.74, 6) is 0. The number of halogens is 3. The summed E-state index contributed by atoms with van der Waals surface area (Å²) in [6.45, 7) is -0.512. The van der Waals surface area contributed by atoms with E-state index in [1.807, 2.05) is 0 Å². The van der Waals surface area contributed by atoms with Gasteiger partial charge in [0.25, 0.3) is 0 Å². The summed E-state index contributed by atoms with van der Waals surface area (Å²) in [5, 5.41) is 0. The first-order valence-corrected chi connectivity index (χ1v) is 5.68. The van der Waals surface area contributed by atoms with Gasteiger partial charge < -0.3 is 0 Å². The van der Waals surface area contributed by atoms with Crippen molar-refractivity contribution >= 4 is 42.6 Å². The molecule has 0 spiro atoms. The lowest BCUT2D eigenvalue weighted by atomic mass is 10.9. The zero-order valence-electron chi connectivity index (χ0n) is 7.24. The molecule has 0 saturated carbocycles. The number of rotatable bonds is 6. The van der Waals surface area contributed by atoms with Crippen molar-refractivity contribution in [2.24, 2.45) is 0 Å². The maximum atomic E-state index is 11.4. The molecule has 0 radical (unpaired) electrons. The van der Waals surface area contributed by atoms with Gasteiger partial charge in [-0.1, -0.05) is 34.8 Å². The molecule has 0 bridgehead atoms. The molecule has 0 N–H and O–H groups in total. The Kier molecular flexibility index (Phi) is 6.89.